The van der Waals surface area contributed by atoms with Gasteiger partial charge in [0.25, 0.3) is 10.1 Å². The summed E-state index contributed by atoms with van der Waals surface area (Å²) in [6.07, 6.45) is 0. The van der Waals surface area contributed by atoms with Crippen molar-refractivity contribution >= 4 is 63.8 Å². The van der Waals surface area contributed by atoms with Crippen LogP contribution in [0.2, 0.25) is 0 Å². The van der Waals surface area contributed by atoms with Gasteiger partial charge in [-0.25, -0.2) is 0 Å². The van der Waals surface area contributed by atoms with Gasteiger partial charge in [0.15, 0.2) is 0 Å². The second-order valence-electron chi connectivity index (χ2n) is 1.93. The molecule has 6 heteroatoms. The molecule has 0 aliphatic rings. The van der Waals surface area contributed by atoms with Gasteiger partial charge in [-0.05, 0) is 24.3 Å². The Morgan fingerprint density at radius 3 is 1.92 bits per heavy atom. The van der Waals surface area contributed by atoms with Gasteiger partial charge < -0.3 is 0 Å². The van der Waals surface area contributed by atoms with E-state index in [4.69, 9.17) is 4.55 Å². The van der Waals surface area contributed by atoms with Gasteiger partial charge >= 0.3 is 37.7 Å². The van der Waals surface area contributed by atoms with Crippen LogP contribution in [-0.2, 0) is 10.1 Å². The molecule has 0 aromatic heterocycles. The zero-order valence-electron chi connectivity index (χ0n) is 5.36. The maximum absolute atomic E-state index is 10.5. The molecule has 1 N–H and O–H groups in total. The van der Waals surface area contributed by atoms with E-state index in [1.165, 1.54) is 12.1 Å². The number of hydrogen-bond donors (Lipinski definition) is 1. The van der Waals surface area contributed by atoms with E-state index >= 15 is 0 Å². The quantitative estimate of drug-likeness (QED) is 0.610. The fourth-order valence-corrected chi connectivity index (χ4v) is 1.35. The van der Waals surface area contributed by atoms with Crippen LogP contribution in [0.4, 0.5) is 0 Å². The monoisotopic (exact) mass is 278 g/mol. The number of rotatable bonds is 1. The first kappa shape index (κ1) is 12.9. The van der Waals surface area contributed by atoms with Crippen molar-refractivity contribution in [1.29, 1.82) is 0 Å². The van der Waals surface area contributed by atoms with E-state index < -0.39 is 10.1 Å². The van der Waals surface area contributed by atoms with E-state index in [0.29, 0.717) is 0 Å². The van der Waals surface area contributed by atoms with Crippen LogP contribution in [0.5, 0.6) is 0 Å². The topological polar surface area (TPSA) is 54.4 Å². The molecule has 0 bridgehead atoms. The van der Waals surface area contributed by atoms with Crippen LogP contribution < -0.4 is 0 Å². The molecule has 12 heavy (non-hydrogen) atoms. The Morgan fingerprint density at radius 1 is 1.17 bits per heavy atom. The molecule has 0 saturated carbocycles. The molecule has 1 rings (SSSR count). The summed E-state index contributed by atoms with van der Waals surface area (Å²) in [5, 5.41) is 0. The summed E-state index contributed by atoms with van der Waals surface area (Å²) in [5.74, 6) is 0. The van der Waals surface area contributed by atoms with Gasteiger partial charge in [0.2, 0.25) is 0 Å². The van der Waals surface area contributed by atoms with Gasteiger partial charge in [0.1, 0.15) is 0 Å². The van der Waals surface area contributed by atoms with Gasteiger partial charge in [0, 0.05) is 4.47 Å². The number of hydrogen-bond acceptors (Lipinski definition) is 2. The summed E-state index contributed by atoms with van der Waals surface area (Å²) < 4.78 is 30.3. The standard InChI is InChI=1S/C6H5BrO3S.Ca.2H/c7-5-1-3-6(4-2-5)11(8,9)10;;;/h1-4H,(H,8,9,10);;;. The molecule has 0 fully saturated rings. The van der Waals surface area contributed by atoms with E-state index in [1.54, 1.807) is 12.1 Å². The van der Waals surface area contributed by atoms with Crippen LogP contribution in [0.25, 0.3) is 0 Å². The van der Waals surface area contributed by atoms with Gasteiger partial charge in [0.05, 0.1) is 4.90 Å². The Labute approximate surface area is 109 Å². The predicted molar refractivity (Wildman–Crippen MR) is 52.5 cm³/mol. The Balaban J connectivity index is 0.00000121. The van der Waals surface area contributed by atoms with Crippen molar-refractivity contribution in [2.24, 2.45) is 0 Å². The summed E-state index contributed by atoms with van der Waals surface area (Å²) in [6, 6.07) is 5.73. The molecule has 1 aromatic rings. The van der Waals surface area contributed by atoms with Gasteiger partial charge in [-0.2, -0.15) is 8.42 Å². The predicted octanol–water partition coefficient (Wildman–Crippen LogP) is 0.780. The maximum atomic E-state index is 10.5. The van der Waals surface area contributed by atoms with E-state index in [0.717, 1.165) is 4.47 Å². The SMILES string of the molecule is O=S(=O)(O)c1ccc(Br)cc1.[CaH2]. The second kappa shape index (κ2) is 4.93. The third kappa shape index (κ3) is 3.72. The van der Waals surface area contributed by atoms with Crippen LogP contribution >= 0.6 is 15.9 Å². The van der Waals surface area contributed by atoms with Crippen molar-refractivity contribution < 1.29 is 13.0 Å². The van der Waals surface area contributed by atoms with E-state index in [2.05, 4.69) is 15.9 Å². The van der Waals surface area contributed by atoms with E-state index in [1.807, 2.05) is 0 Å². The van der Waals surface area contributed by atoms with Crippen molar-refractivity contribution in [2.45, 2.75) is 4.90 Å². The van der Waals surface area contributed by atoms with E-state index in [9.17, 15) is 8.42 Å². The summed E-state index contributed by atoms with van der Waals surface area (Å²) in [7, 11) is -4.04. The minimum absolute atomic E-state index is 0. The van der Waals surface area contributed by atoms with Gasteiger partial charge in [-0.3, -0.25) is 4.55 Å². The first-order valence-electron chi connectivity index (χ1n) is 2.73. The minimum atomic E-state index is -4.04. The summed E-state index contributed by atoms with van der Waals surface area (Å²) in [5.41, 5.74) is 0. The average Bonchev–Trinajstić information content (AvgIpc) is 1.86. The molecule has 1 aromatic carbocycles. The Kier molecular flexibility index (Phi) is 5.29. The Morgan fingerprint density at radius 2 is 1.58 bits per heavy atom. The normalized spacial score (nSPS) is 10.5. The van der Waals surface area contributed by atoms with Gasteiger partial charge in [-0.15, -0.1) is 0 Å². The second-order valence-corrected chi connectivity index (χ2v) is 4.27. The Bertz CT molecular complexity index is 346. The van der Waals surface area contributed by atoms with Crippen molar-refractivity contribution in [3.63, 3.8) is 0 Å². The summed E-state index contributed by atoms with van der Waals surface area (Å²) in [6.45, 7) is 0. The first-order valence-corrected chi connectivity index (χ1v) is 4.96. The molecule has 0 aliphatic heterocycles. The molecule has 0 radical (unpaired) electrons. The van der Waals surface area contributed by atoms with E-state index in [-0.39, 0.29) is 42.6 Å². The molecule has 3 nitrogen and oxygen atoms in total. The van der Waals surface area contributed by atoms with Crippen LogP contribution in [-0.4, -0.2) is 50.7 Å². The molecule has 0 aliphatic carbocycles. The molecular weight excluding hydrogens is 272 g/mol. The zero-order chi connectivity index (χ0) is 8.48. The Hall–Kier alpha value is 0.870. The van der Waals surface area contributed by atoms with Gasteiger partial charge in [-0.1, -0.05) is 15.9 Å². The molecule has 0 heterocycles. The molecule has 0 saturated heterocycles. The molecule has 0 unspecified atom stereocenters. The molecule has 64 valence electrons. The van der Waals surface area contributed by atoms with Crippen molar-refractivity contribution in [3.05, 3.63) is 28.7 Å². The molecular formula is C6H7BrCaO3S. The summed E-state index contributed by atoms with van der Waals surface area (Å²) in [4.78, 5) is -0.0966. The van der Waals surface area contributed by atoms with Crippen LogP contribution in [0, 0.1) is 0 Å². The van der Waals surface area contributed by atoms with Crippen molar-refractivity contribution in [3.8, 4) is 0 Å². The van der Waals surface area contributed by atoms with Crippen LogP contribution in [0.15, 0.2) is 33.6 Å². The third-order valence-electron chi connectivity index (χ3n) is 1.11. The average molecular weight is 279 g/mol. The van der Waals surface area contributed by atoms with Crippen molar-refractivity contribution in [1.82, 2.24) is 0 Å². The van der Waals surface area contributed by atoms with Crippen LogP contribution in [0.3, 0.4) is 0 Å². The fourth-order valence-electron chi connectivity index (χ4n) is 0.607. The van der Waals surface area contributed by atoms with Crippen LogP contribution in [0.1, 0.15) is 0 Å². The molecule has 0 spiro atoms. The first-order chi connectivity index (χ1) is 5.00. The summed E-state index contributed by atoms with van der Waals surface area (Å²) >= 11 is 3.14. The number of benzene rings is 1. The third-order valence-corrected chi connectivity index (χ3v) is 2.51. The van der Waals surface area contributed by atoms with Crippen molar-refractivity contribution in [2.75, 3.05) is 0 Å². The molecule has 0 amide bonds. The fraction of sp³-hybridized carbons (Fsp3) is 0. The number of halogens is 1. The zero-order valence-corrected chi connectivity index (χ0v) is 7.76. The molecule has 0 atom stereocenters.